The van der Waals surface area contributed by atoms with Crippen molar-refractivity contribution in [2.75, 3.05) is 6.54 Å². The lowest BCUT2D eigenvalue weighted by atomic mass is 9.94. The summed E-state index contributed by atoms with van der Waals surface area (Å²) in [5.74, 6) is 0. The van der Waals surface area contributed by atoms with E-state index in [1.54, 1.807) is 0 Å². The van der Waals surface area contributed by atoms with Gasteiger partial charge in [-0.05, 0) is 62.4 Å². The highest BCUT2D eigenvalue weighted by atomic mass is 79.9. The molecule has 1 unspecified atom stereocenters. The van der Waals surface area contributed by atoms with Crippen LogP contribution in [0.5, 0.6) is 0 Å². The molecule has 1 atom stereocenters. The van der Waals surface area contributed by atoms with Crippen molar-refractivity contribution < 1.29 is 0 Å². The van der Waals surface area contributed by atoms with Crippen LogP contribution in [-0.2, 0) is 0 Å². The van der Waals surface area contributed by atoms with E-state index in [0.29, 0.717) is 12.6 Å². The summed E-state index contributed by atoms with van der Waals surface area (Å²) in [5.41, 5.74) is 7.18. The third-order valence-electron chi connectivity index (χ3n) is 3.62. The second-order valence-electron chi connectivity index (χ2n) is 4.96. The van der Waals surface area contributed by atoms with Crippen LogP contribution in [0.4, 0.5) is 0 Å². The molecule has 0 aliphatic heterocycles. The summed E-state index contributed by atoms with van der Waals surface area (Å²) in [6.45, 7) is 0.643. The zero-order valence-electron chi connectivity index (χ0n) is 10.5. The molecular weight excluding hydrogens is 356 g/mol. The van der Waals surface area contributed by atoms with Crippen LogP contribution in [0.3, 0.4) is 0 Å². The van der Waals surface area contributed by atoms with Crippen molar-refractivity contribution in [3.05, 3.63) is 32.7 Å². The van der Waals surface area contributed by atoms with Crippen LogP contribution >= 0.6 is 31.9 Å². The topological polar surface area (TPSA) is 38.0 Å². The highest BCUT2D eigenvalue weighted by molar-refractivity contribution is 9.13. The molecule has 0 spiro atoms. The Kier molecular flexibility index (Phi) is 5.67. The molecule has 1 fully saturated rings. The van der Waals surface area contributed by atoms with Crippen LogP contribution in [0, 0.1) is 0 Å². The number of benzene rings is 1. The van der Waals surface area contributed by atoms with Gasteiger partial charge < -0.3 is 11.1 Å². The van der Waals surface area contributed by atoms with Crippen LogP contribution < -0.4 is 11.1 Å². The Hall–Kier alpha value is 0.1000. The van der Waals surface area contributed by atoms with Gasteiger partial charge >= 0.3 is 0 Å². The average molecular weight is 376 g/mol. The molecule has 3 N–H and O–H groups in total. The highest BCUT2D eigenvalue weighted by Gasteiger charge is 2.18. The Morgan fingerprint density at radius 2 is 1.89 bits per heavy atom. The number of rotatable bonds is 4. The van der Waals surface area contributed by atoms with E-state index in [4.69, 9.17) is 5.73 Å². The van der Waals surface area contributed by atoms with Gasteiger partial charge in [-0.25, -0.2) is 0 Å². The number of nitrogens with one attached hydrogen (secondary N) is 1. The zero-order chi connectivity index (χ0) is 13.0. The molecule has 2 rings (SSSR count). The first kappa shape index (κ1) is 14.5. The monoisotopic (exact) mass is 374 g/mol. The fourth-order valence-electron chi connectivity index (χ4n) is 2.58. The van der Waals surface area contributed by atoms with Gasteiger partial charge in [0.15, 0.2) is 0 Å². The molecule has 4 heteroatoms. The van der Waals surface area contributed by atoms with E-state index in [0.717, 1.165) is 8.95 Å². The van der Waals surface area contributed by atoms with Crippen LogP contribution in [0.2, 0.25) is 0 Å². The fourth-order valence-corrected chi connectivity index (χ4v) is 3.23. The van der Waals surface area contributed by atoms with Gasteiger partial charge in [-0.2, -0.15) is 0 Å². The largest absolute Gasteiger partial charge is 0.329 e. The first-order valence-corrected chi connectivity index (χ1v) is 8.20. The van der Waals surface area contributed by atoms with E-state index in [1.165, 1.54) is 37.7 Å². The molecule has 1 aliphatic carbocycles. The Labute approximate surface area is 126 Å². The molecule has 0 amide bonds. The summed E-state index contributed by atoms with van der Waals surface area (Å²) in [6.07, 6.45) is 6.65. The minimum Gasteiger partial charge on any atom is -0.329 e. The molecule has 0 bridgehead atoms. The Morgan fingerprint density at radius 3 is 2.50 bits per heavy atom. The third kappa shape index (κ3) is 3.80. The molecule has 100 valence electrons. The second kappa shape index (κ2) is 7.04. The van der Waals surface area contributed by atoms with Gasteiger partial charge in [0.05, 0.1) is 0 Å². The lowest BCUT2D eigenvalue weighted by molar-refractivity contribution is 0.340. The maximum Gasteiger partial charge on any atom is 0.0447 e. The van der Waals surface area contributed by atoms with E-state index in [1.807, 2.05) is 0 Å². The van der Waals surface area contributed by atoms with Crippen LogP contribution in [0.1, 0.15) is 43.7 Å². The number of halogens is 2. The normalized spacial score (nSPS) is 18.8. The highest BCUT2D eigenvalue weighted by Crippen LogP contribution is 2.27. The summed E-state index contributed by atoms with van der Waals surface area (Å²) in [6, 6.07) is 7.26. The van der Waals surface area contributed by atoms with Crippen molar-refractivity contribution in [1.29, 1.82) is 0 Å². The molecule has 1 saturated carbocycles. The number of hydrogen-bond donors (Lipinski definition) is 2. The first-order valence-electron chi connectivity index (χ1n) is 6.62. The minimum atomic E-state index is 0.262. The summed E-state index contributed by atoms with van der Waals surface area (Å²) in [4.78, 5) is 0. The Balaban J connectivity index is 2.04. The molecule has 18 heavy (non-hydrogen) atoms. The van der Waals surface area contributed by atoms with Crippen molar-refractivity contribution in [2.45, 2.75) is 44.2 Å². The zero-order valence-corrected chi connectivity index (χ0v) is 13.6. The molecule has 0 saturated heterocycles. The van der Waals surface area contributed by atoms with Crippen LogP contribution in [0.15, 0.2) is 27.1 Å². The van der Waals surface area contributed by atoms with Crippen molar-refractivity contribution >= 4 is 31.9 Å². The molecule has 0 aromatic heterocycles. The van der Waals surface area contributed by atoms with Gasteiger partial charge in [-0.15, -0.1) is 0 Å². The molecule has 0 radical (unpaired) electrons. The predicted molar refractivity (Wildman–Crippen MR) is 83.6 cm³/mol. The molecule has 0 heterocycles. The Bertz CT molecular complexity index is 389. The summed E-state index contributed by atoms with van der Waals surface area (Å²) < 4.78 is 2.17. The van der Waals surface area contributed by atoms with Crippen molar-refractivity contribution in [3.8, 4) is 0 Å². The van der Waals surface area contributed by atoms with Gasteiger partial charge in [0.25, 0.3) is 0 Å². The average Bonchev–Trinajstić information content (AvgIpc) is 2.40. The van der Waals surface area contributed by atoms with Gasteiger partial charge in [0, 0.05) is 27.6 Å². The smallest absolute Gasteiger partial charge is 0.0447 e. The third-order valence-corrected chi connectivity index (χ3v) is 5.50. The fraction of sp³-hybridized carbons (Fsp3) is 0.571. The van der Waals surface area contributed by atoms with Gasteiger partial charge in [0.2, 0.25) is 0 Å². The van der Waals surface area contributed by atoms with Crippen molar-refractivity contribution in [3.63, 3.8) is 0 Å². The lowest BCUT2D eigenvalue weighted by Gasteiger charge is -2.28. The van der Waals surface area contributed by atoms with Gasteiger partial charge in [0.1, 0.15) is 0 Å². The number of hydrogen-bond acceptors (Lipinski definition) is 2. The molecule has 1 aliphatic rings. The molecule has 1 aromatic rings. The van der Waals surface area contributed by atoms with E-state index in [9.17, 15) is 0 Å². The van der Waals surface area contributed by atoms with Crippen LogP contribution in [0.25, 0.3) is 0 Å². The van der Waals surface area contributed by atoms with Crippen molar-refractivity contribution in [2.24, 2.45) is 5.73 Å². The first-order chi connectivity index (χ1) is 8.70. The maximum atomic E-state index is 5.92. The molecular formula is C14H20Br2N2. The molecule has 1 aromatic carbocycles. The summed E-state index contributed by atoms with van der Waals surface area (Å²) in [5, 5.41) is 3.71. The standard InChI is InChI=1S/C14H20Br2N2/c15-12-7-6-10(8-13(12)16)14(9-17)18-11-4-2-1-3-5-11/h6-8,11,14,18H,1-5,9,17H2. The quantitative estimate of drug-likeness (QED) is 0.830. The minimum absolute atomic E-state index is 0.262. The maximum absolute atomic E-state index is 5.92. The SMILES string of the molecule is NCC(NC1CCCCC1)c1ccc(Br)c(Br)c1. The summed E-state index contributed by atoms with van der Waals surface area (Å²) in [7, 11) is 0. The van der Waals surface area contributed by atoms with Crippen LogP contribution in [-0.4, -0.2) is 12.6 Å². The second-order valence-corrected chi connectivity index (χ2v) is 6.67. The van der Waals surface area contributed by atoms with E-state index in [-0.39, 0.29) is 6.04 Å². The lowest BCUT2D eigenvalue weighted by Crippen LogP contribution is -2.37. The van der Waals surface area contributed by atoms with E-state index in [2.05, 4.69) is 55.4 Å². The molecule has 2 nitrogen and oxygen atoms in total. The predicted octanol–water partition coefficient (Wildman–Crippen LogP) is 4.13. The van der Waals surface area contributed by atoms with E-state index >= 15 is 0 Å². The van der Waals surface area contributed by atoms with Gasteiger partial charge in [-0.1, -0.05) is 25.3 Å². The van der Waals surface area contributed by atoms with Gasteiger partial charge in [-0.3, -0.25) is 0 Å². The Morgan fingerprint density at radius 1 is 1.17 bits per heavy atom. The van der Waals surface area contributed by atoms with E-state index < -0.39 is 0 Å². The number of nitrogens with two attached hydrogens (primary N) is 1. The summed E-state index contributed by atoms with van der Waals surface area (Å²) >= 11 is 7.05. The van der Waals surface area contributed by atoms with Crippen molar-refractivity contribution in [1.82, 2.24) is 5.32 Å².